The molecule has 0 saturated heterocycles. The number of nitrogens with one attached hydrogen (secondary N) is 1. The van der Waals surface area contributed by atoms with Crippen LogP contribution in [0.3, 0.4) is 0 Å². The van der Waals surface area contributed by atoms with Gasteiger partial charge in [-0.15, -0.1) is 0 Å². The van der Waals surface area contributed by atoms with Crippen molar-refractivity contribution < 1.29 is 21.6 Å². The van der Waals surface area contributed by atoms with Gasteiger partial charge in [-0.25, -0.2) is 21.6 Å². The molecule has 0 bridgehead atoms. The molecule has 0 unspecified atom stereocenters. The number of anilines is 1. The second-order valence-electron chi connectivity index (χ2n) is 4.29. The fourth-order valence-corrected chi connectivity index (χ4v) is 3.93. The van der Waals surface area contributed by atoms with Gasteiger partial charge in [-0.1, -0.05) is 6.07 Å². The maximum atomic E-state index is 13.7. The van der Waals surface area contributed by atoms with Gasteiger partial charge in [0.1, 0.15) is 22.3 Å². The third kappa shape index (κ3) is 3.38. The Labute approximate surface area is 128 Å². The van der Waals surface area contributed by atoms with Gasteiger partial charge in [0.05, 0.1) is 5.69 Å². The molecule has 0 saturated carbocycles. The van der Waals surface area contributed by atoms with Gasteiger partial charge in [-0.05, 0) is 46.6 Å². The molecule has 0 aliphatic rings. The molecule has 3 nitrogen and oxygen atoms in total. The summed E-state index contributed by atoms with van der Waals surface area (Å²) in [6, 6.07) is 5.06. The summed E-state index contributed by atoms with van der Waals surface area (Å²) in [5, 5.41) is 0. The van der Waals surface area contributed by atoms with Crippen molar-refractivity contribution in [2.75, 3.05) is 4.72 Å². The highest BCUT2D eigenvalue weighted by Gasteiger charge is 2.24. The topological polar surface area (TPSA) is 46.2 Å². The van der Waals surface area contributed by atoms with Crippen LogP contribution in [0.15, 0.2) is 39.7 Å². The summed E-state index contributed by atoms with van der Waals surface area (Å²) in [5.74, 6) is -3.01. The summed E-state index contributed by atoms with van der Waals surface area (Å²) in [6.07, 6.45) is 0. The second kappa shape index (κ2) is 5.69. The normalized spacial score (nSPS) is 11.5. The van der Waals surface area contributed by atoms with E-state index >= 15 is 0 Å². The molecule has 0 radical (unpaired) electrons. The van der Waals surface area contributed by atoms with E-state index in [0.29, 0.717) is 11.6 Å². The summed E-state index contributed by atoms with van der Waals surface area (Å²) < 4.78 is 66.2. The molecule has 0 aromatic heterocycles. The van der Waals surface area contributed by atoms with E-state index in [1.165, 1.54) is 12.1 Å². The van der Waals surface area contributed by atoms with Gasteiger partial charge in [0.2, 0.25) is 0 Å². The van der Waals surface area contributed by atoms with Crippen LogP contribution in [-0.2, 0) is 10.0 Å². The van der Waals surface area contributed by atoms with Gasteiger partial charge in [0.25, 0.3) is 10.0 Å². The average molecular weight is 380 g/mol. The predicted molar refractivity (Wildman–Crippen MR) is 76.0 cm³/mol. The van der Waals surface area contributed by atoms with E-state index in [1.807, 2.05) is 4.72 Å². The van der Waals surface area contributed by atoms with Crippen LogP contribution < -0.4 is 4.72 Å². The van der Waals surface area contributed by atoms with Gasteiger partial charge in [0.15, 0.2) is 0 Å². The fraction of sp³-hybridized carbons (Fsp3) is 0.0769. The molecule has 112 valence electrons. The molecule has 2 rings (SSSR count). The van der Waals surface area contributed by atoms with Crippen molar-refractivity contribution in [1.29, 1.82) is 0 Å². The fourth-order valence-electron chi connectivity index (χ4n) is 1.70. The van der Waals surface area contributed by atoms with Crippen molar-refractivity contribution in [3.63, 3.8) is 0 Å². The van der Waals surface area contributed by atoms with Crippen molar-refractivity contribution in [2.24, 2.45) is 0 Å². The minimum absolute atomic E-state index is 0.291. The Kier molecular flexibility index (Phi) is 4.29. The van der Waals surface area contributed by atoms with Crippen LogP contribution in [0.2, 0.25) is 0 Å². The van der Waals surface area contributed by atoms with Crippen LogP contribution in [0.1, 0.15) is 5.56 Å². The maximum absolute atomic E-state index is 13.7. The first kappa shape index (κ1) is 15.8. The highest BCUT2D eigenvalue weighted by Crippen LogP contribution is 2.28. The highest BCUT2D eigenvalue weighted by atomic mass is 79.9. The molecule has 0 amide bonds. The van der Waals surface area contributed by atoms with E-state index in [4.69, 9.17) is 0 Å². The molecule has 2 aromatic rings. The van der Waals surface area contributed by atoms with E-state index < -0.39 is 32.4 Å². The van der Waals surface area contributed by atoms with Crippen LogP contribution in [0.5, 0.6) is 0 Å². The lowest BCUT2D eigenvalue weighted by Gasteiger charge is -2.12. The highest BCUT2D eigenvalue weighted by molar-refractivity contribution is 9.10. The zero-order chi connectivity index (χ0) is 15.8. The van der Waals surface area contributed by atoms with Crippen LogP contribution in [0.4, 0.5) is 18.9 Å². The van der Waals surface area contributed by atoms with Gasteiger partial charge in [-0.2, -0.15) is 0 Å². The Bertz CT molecular complexity index is 786. The Morgan fingerprint density at radius 3 is 2.33 bits per heavy atom. The average Bonchev–Trinajstić information content (AvgIpc) is 2.31. The molecular formula is C13H9BrF3NO2S. The Morgan fingerprint density at radius 1 is 1.05 bits per heavy atom. The summed E-state index contributed by atoms with van der Waals surface area (Å²) >= 11 is 2.79. The largest absolute Gasteiger partial charge is 0.277 e. The minimum Gasteiger partial charge on any atom is -0.277 e. The number of benzene rings is 2. The number of sulfonamides is 1. The number of rotatable bonds is 3. The Hall–Kier alpha value is -1.54. The summed E-state index contributed by atoms with van der Waals surface area (Å²) in [7, 11) is -4.41. The van der Waals surface area contributed by atoms with Crippen molar-refractivity contribution in [1.82, 2.24) is 0 Å². The Morgan fingerprint density at radius 2 is 1.71 bits per heavy atom. The lowest BCUT2D eigenvalue weighted by atomic mass is 10.2. The van der Waals surface area contributed by atoms with E-state index in [0.717, 1.165) is 12.1 Å². The quantitative estimate of drug-likeness (QED) is 0.876. The van der Waals surface area contributed by atoms with E-state index in [1.54, 1.807) is 6.92 Å². The van der Waals surface area contributed by atoms with Crippen molar-refractivity contribution in [3.8, 4) is 0 Å². The zero-order valence-electron chi connectivity index (χ0n) is 10.6. The van der Waals surface area contributed by atoms with Crippen molar-refractivity contribution >= 4 is 31.6 Å². The molecule has 0 aliphatic heterocycles. The first-order valence-corrected chi connectivity index (χ1v) is 7.92. The van der Waals surface area contributed by atoms with Gasteiger partial charge >= 0.3 is 0 Å². The van der Waals surface area contributed by atoms with Gasteiger partial charge in [-0.3, -0.25) is 4.72 Å². The summed E-state index contributed by atoms with van der Waals surface area (Å²) in [6.45, 7) is 1.64. The predicted octanol–water partition coefficient (Wildman–Crippen LogP) is 3.98. The van der Waals surface area contributed by atoms with Crippen LogP contribution in [0, 0.1) is 24.4 Å². The third-order valence-corrected chi connectivity index (χ3v) is 4.93. The van der Waals surface area contributed by atoms with Crippen LogP contribution >= 0.6 is 15.9 Å². The molecule has 8 heteroatoms. The molecule has 0 spiro atoms. The molecule has 0 fully saturated rings. The molecular weight excluding hydrogens is 371 g/mol. The molecule has 0 aliphatic carbocycles. The van der Waals surface area contributed by atoms with Gasteiger partial charge in [0, 0.05) is 10.5 Å². The maximum Gasteiger partial charge on any atom is 0.266 e. The smallest absolute Gasteiger partial charge is 0.266 e. The van der Waals surface area contributed by atoms with E-state index in [9.17, 15) is 21.6 Å². The lowest BCUT2D eigenvalue weighted by molar-refractivity contribution is 0.548. The third-order valence-electron chi connectivity index (χ3n) is 2.60. The zero-order valence-corrected chi connectivity index (χ0v) is 13.0. The lowest BCUT2D eigenvalue weighted by Crippen LogP contribution is -2.16. The molecule has 0 heterocycles. The first-order valence-electron chi connectivity index (χ1n) is 5.64. The summed E-state index contributed by atoms with van der Waals surface area (Å²) in [4.78, 5) is -0.787. The molecule has 1 N–H and O–H groups in total. The van der Waals surface area contributed by atoms with Crippen molar-refractivity contribution in [3.05, 3.63) is 57.8 Å². The minimum atomic E-state index is -4.41. The number of hydrogen-bond donors (Lipinski definition) is 1. The SMILES string of the molecule is Cc1ccc(F)c(NS(=O)(=O)c2c(F)cc(F)cc2Br)c1. The second-order valence-corrected chi connectivity index (χ2v) is 6.76. The monoisotopic (exact) mass is 379 g/mol. The summed E-state index contributed by atoms with van der Waals surface area (Å²) in [5.41, 5.74) is 0.304. The van der Waals surface area contributed by atoms with Crippen LogP contribution in [0.25, 0.3) is 0 Å². The first-order chi connectivity index (χ1) is 9.70. The molecule has 2 aromatic carbocycles. The Balaban J connectivity index is 2.51. The molecule has 0 atom stereocenters. The molecule has 21 heavy (non-hydrogen) atoms. The number of halogens is 4. The number of aryl methyl sites for hydroxylation is 1. The van der Waals surface area contributed by atoms with Crippen LogP contribution in [-0.4, -0.2) is 8.42 Å². The number of hydrogen-bond acceptors (Lipinski definition) is 2. The van der Waals surface area contributed by atoms with Gasteiger partial charge < -0.3 is 0 Å². The standard InChI is InChI=1S/C13H9BrF3NO2S/c1-7-2-3-10(16)12(4-7)18-21(19,20)13-9(14)5-8(15)6-11(13)17/h2-6,18H,1H3. The van der Waals surface area contributed by atoms with E-state index in [2.05, 4.69) is 15.9 Å². The van der Waals surface area contributed by atoms with E-state index in [-0.39, 0.29) is 10.2 Å². The van der Waals surface area contributed by atoms with Crippen molar-refractivity contribution in [2.45, 2.75) is 11.8 Å².